The maximum Gasteiger partial charge on any atom is 0.255 e. The highest BCUT2D eigenvalue weighted by Gasteiger charge is 2.69. The van der Waals surface area contributed by atoms with Crippen LogP contribution in [0.2, 0.25) is 0 Å². The predicted octanol–water partition coefficient (Wildman–Crippen LogP) is 0.652. The van der Waals surface area contributed by atoms with E-state index >= 15 is 0 Å². The molecule has 0 bridgehead atoms. The lowest BCUT2D eigenvalue weighted by atomic mass is 10.0. The van der Waals surface area contributed by atoms with Crippen molar-refractivity contribution < 1.29 is 8.78 Å². The van der Waals surface area contributed by atoms with Crippen molar-refractivity contribution in [3.05, 3.63) is 12.7 Å². The molecule has 0 aromatic carbocycles. The summed E-state index contributed by atoms with van der Waals surface area (Å²) in [5.41, 5.74) is 4.37. The maximum absolute atomic E-state index is 13.0. The fourth-order valence-corrected chi connectivity index (χ4v) is 1.65. The molecule has 1 aliphatic carbocycles. The number of hydrogen-bond donors (Lipinski definition) is 1. The van der Waals surface area contributed by atoms with Gasteiger partial charge in [-0.15, -0.1) is 0 Å². The zero-order valence-corrected chi connectivity index (χ0v) is 7.66. The first kappa shape index (κ1) is 9.51. The first-order valence-corrected chi connectivity index (χ1v) is 4.50. The van der Waals surface area contributed by atoms with Crippen molar-refractivity contribution in [1.82, 2.24) is 14.8 Å². The van der Waals surface area contributed by atoms with Crippen LogP contribution < -0.4 is 5.73 Å². The van der Waals surface area contributed by atoms with Gasteiger partial charge in [-0.1, -0.05) is 0 Å². The highest BCUT2D eigenvalue weighted by atomic mass is 19.3. The van der Waals surface area contributed by atoms with Crippen LogP contribution in [0.1, 0.15) is 12.8 Å². The van der Waals surface area contributed by atoms with Gasteiger partial charge in [0.1, 0.15) is 12.7 Å². The Morgan fingerprint density at radius 2 is 2.21 bits per heavy atom. The van der Waals surface area contributed by atoms with Crippen molar-refractivity contribution >= 4 is 0 Å². The summed E-state index contributed by atoms with van der Waals surface area (Å²) in [6.07, 6.45) is 3.18. The van der Waals surface area contributed by atoms with E-state index in [9.17, 15) is 8.78 Å². The minimum atomic E-state index is -2.58. The second kappa shape index (κ2) is 2.98. The molecule has 0 amide bonds. The highest BCUT2D eigenvalue weighted by Crippen LogP contribution is 2.62. The number of aryl methyl sites for hydroxylation is 1. The van der Waals surface area contributed by atoms with Gasteiger partial charge in [-0.05, 0) is 6.42 Å². The molecule has 0 saturated heterocycles. The Morgan fingerprint density at radius 3 is 2.64 bits per heavy atom. The summed E-state index contributed by atoms with van der Waals surface area (Å²) in [6, 6.07) is 0. The first-order valence-electron chi connectivity index (χ1n) is 4.50. The Balaban J connectivity index is 1.92. The molecule has 1 atom stereocenters. The maximum atomic E-state index is 13.0. The largest absolute Gasteiger partial charge is 0.330 e. The Morgan fingerprint density at radius 1 is 1.50 bits per heavy atom. The molecule has 78 valence electrons. The van der Waals surface area contributed by atoms with Gasteiger partial charge in [0, 0.05) is 19.5 Å². The molecule has 0 spiro atoms. The molecule has 2 N–H and O–H groups in total. The van der Waals surface area contributed by atoms with Gasteiger partial charge in [0.2, 0.25) is 0 Å². The second-order valence-electron chi connectivity index (χ2n) is 3.77. The number of aromatic nitrogens is 3. The van der Waals surface area contributed by atoms with Crippen LogP contribution in [-0.2, 0) is 6.54 Å². The van der Waals surface area contributed by atoms with Crippen LogP contribution in [0.4, 0.5) is 8.78 Å². The molecule has 0 radical (unpaired) electrons. The lowest BCUT2D eigenvalue weighted by Crippen LogP contribution is -2.24. The topological polar surface area (TPSA) is 56.7 Å². The standard InChI is InChI=1S/C8H12F2N4/c9-8(10)3-7(8,4-11)1-2-14-6-12-5-13-14/h5-6H,1-4,11H2. The predicted molar refractivity (Wildman–Crippen MR) is 45.7 cm³/mol. The first-order chi connectivity index (χ1) is 6.60. The van der Waals surface area contributed by atoms with E-state index in [1.165, 1.54) is 12.7 Å². The summed E-state index contributed by atoms with van der Waals surface area (Å²) in [5.74, 6) is -2.58. The van der Waals surface area contributed by atoms with Crippen LogP contribution >= 0.6 is 0 Å². The lowest BCUT2D eigenvalue weighted by Gasteiger charge is -2.12. The van der Waals surface area contributed by atoms with Crippen LogP contribution in [-0.4, -0.2) is 27.2 Å². The molecule has 2 rings (SSSR count). The van der Waals surface area contributed by atoms with Crippen molar-refractivity contribution in [3.63, 3.8) is 0 Å². The summed E-state index contributed by atoms with van der Waals surface area (Å²) in [4.78, 5) is 3.74. The van der Waals surface area contributed by atoms with Crippen molar-refractivity contribution in [1.29, 1.82) is 0 Å². The quantitative estimate of drug-likeness (QED) is 0.780. The number of nitrogens with zero attached hydrogens (tertiary/aromatic N) is 3. The van der Waals surface area contributed by atoms with Gasteiger partial charge < -0.3 is 5.73 Å². The molecule has 0 aliphatic heterocycles. The van der Waals surface area contributed by atoms with E-state index in [4.69, 9.17) is 5.73 Å². The van der Waals surface area contributed by atoms with Gasteiger partial charge in [0.05, 0.1) is 5.41 Å². The molecule has 4 nitrogen and oxygen atoms in total. The van der Waals surface area contributed by atoms with Gasteiger partial charge in [0.15, 0.2) is 0 Å². The molecule has 1 fully saturated rings. The second-order valence-corrected chi connectivity index (χ2v) is 3.77. The minimum Gasteiger partial charge on any atom is -0.330 e. The number of halogens is 2. The van der Waals surface area contributed by atoms with Crippen molar-refractivity contribution in [3.8, 4) is 0 Å². The van der Waals surface area contributed by atoms with Gasteiger partial charge in [-0.2, -0.15) is 5.10 Å². The number of hydrogen-bond acceptors (Lipinski definition) is 3. The smallest absolute Gasteiger partial charge is 0.255 e. The third-order valence-electron chi connectivity index (χ3n) is 2.89. The summed E-state index contributed by atoms with van der Waals surface area (Å²) in [5, 5.41) is 3.85. The van der Waals surface area contributed by atoms with Crippen molar-refractivity contribution in [2.24, 2.45) is 11.1 Å². The average Bonchev–Trinajstić information content (AvgIpc) is 2.56. The summed E-state index contributed by atoms with van der Waals surface area (Å²) in [7, 11) is 0. The van der Waals surface area contributed by atoms with Crippen LogP contribution in [0, 0.1) is 5.41 Å². The van der Waals surface area contributed by atoms with E-state index in [0.29, 0.717) is 13.0 Å². The molecule has 1 aliphatic rings. The Kier molecular flexibility index (Phi) is 2.02. The summed E-state index contributed by atoms with van der Waals surface area (Å²) >= 11 is 0. The number of rotatable bonds is 4. The molecule has 1 heterocycles. The molecule has 1 saturated carbocycles. The third kappa shape index (κ3) is 1.39. The van der Waals surface area contributed by atoms with E-state index < -0.39 is 11.3 Å². The third-order valence-corrected chi connectivity index (χ3v) is 2.89. The zero-order valence-electron chi connectivity index (χ0n) is 7.66. The van der Waals surface area contributed by atoms with Crippen LogP contribution in [0.15, 0.2) is 12.7 Å². The van der Waals surface area contributed by atoms with Gasteiger partial charge in [0.25, 0.3) is 5.92 Å². The monoisotopic (exact) mass is 202 g/mol. The van der Waals surface area contributed by atoms with Crippen LogP contribution in [0.25, 0.3) is 0 Å². The van der Waals surface area contributed by atoms with E-state index in [1.807, 2.05) is 0 Å². The Hall–Kier alpha value is -1.04. The van der Waals surface area contributed by atoms with Gasteiger partial charge in [-0.25, -0.2) is 13.8 Å². The van der Waals surface area contributed by atoms with E-state index in [2.05, 4.69) is 10.1 Å². The zero-order chi connectivity index (χ0) is 10.2. The fourth-order valence-electron chi connectivity index (χ4n) is 1.65. The number of alkyl halides is 2. The van der Waals surface area contributed by atoms with Crippen molar-refractivity contribution in [2.45, 2.75) is 25.3 Å². The lowest BCUT2D eigenvalue weighted by molar-refractivity contribution is 0.0612. The molecular weight excluding hydrogens is 190 g/mol. The fraction of sp³-hybridized carbons (Fsp3) is 0.750. The Bertz CT molecular complexity index is 311. The molecular formula is C8H12F2N4. The normalized spacial score (nSPS) is 29.1. The van der Waals surface area contributed by atoms with E-state index in [-0.39, 0.29) is 13.0 Å². The SMILES string of the molecule is NCC1(CCn2cncn2)CC1(F)F. The molecule has 14 heavy (non-hydrogen) atoms. The van der Waals surface area contributed by atoms with Crippen molar-refractivity contribution in [2.75, 3.05) is 6.54 Å². The summed E-state index contributed by atoms with van der Waals surface area (Å²) < 4.78 is 27.5. The van der Waals surface area contributed by atoms with Gasteiger partial charge >= 0.3 is 0 Å². The van der Waals surface area contributed by atoms with Crippen LogP contribution in [0.5, 0.6) is 0 Å². The molecule has 1 aromatic heterocycles. The number of nitrogens with two attached hydrogens (primary N) is 1. The minimum absolute atomic E-state index is 0.0364. The molecule has 6 heteroatoms. The summed E-state index contributed by atoms with van der Waals surface area (Å²) in [6.45, 7) is 0.488. The highest BCUT2D eigenvalue weighted by molar-refractivity contribution is 5.10. The van der Waals surface area contributed by atoms with E-state index in [1.54, 1.807) is 4.68 Å². The Labute approximate surface area is 80.1 Å². The van der Waals surface area contributed by atoms with E-state index in [0.717, 1.165) is 0 Å². The molecule has 1 aromatic rings. The van der Waals surface area contributed by atoms with Crippen LogP contribution in [0.3, 0.4) is 0 Å². The molecule has 1 unspecified atom stereocenters. The average molecular weight is 202 g/mol. The van der Waals surface area contributed by atoms with Gasteiger partial charge in [-0.3, -0.25) is 4.68 Å².